The summed E-state index contributed by atoms with van der Waals surface area (Å²) in [6, 6.07) is 9.04. The Morgan fingerprint density at radius 1 is 1.20 bits per heavy atom. The van der Waals surface area contributed by atoms with Crippen molar-refractivity contribution in [3.63, 3.8) is 0 Å². The summed E-state index contributed by atoms with van der Waals surface area (Å²) in [6.45, 7) is 0. The lowest BCUT2D eigenvalue weighted by Gasteiger charge is -2.20. The molecule has 0 aliphatic heterocycles. The van der Waals surface area contributed by atoms with Gasteiger partial charge in [0.25, 0.3) is 0 Å². The van der Waals surface area contributed by atoms with Crippen molar-refractivity contribution in [1.29, 1.82) is 0 Å². The number of hydrogen-bond acceptors (Lipinski definition) is 2. The first-order valence-electron chi connectivity index (χ1n) is 7.80. The number of hydrogen-bond donors (Lipinski definition) is 1. The summed E-state index contributed by atoms with van der Waals surface area (Å²) in [5.41, 5.74) is 3.05. The highest BCUT2D eigenvalue weighted by atomic mass is 16.5. The third-order valence-electron chi connectivity index (χ3n) is 4.24. The van der Waals surface area contributed by atoms with E-state index in [0.717, 1.165) is 12.2 Å². The van der Waals surface area contributed by atoms with Crippen LogP contribution in [-0.4, -0.2) is 20.2 Å². The third-order valence-corrected chi connectivity index (χ3v) is 4.24. The van der Waals surface area contributed by atoms with Gasteiger partial charge in [-0.3, -0.25) is 0 Å². The van der Waals surface area contributed by atoms with Crippen molar-refractivity contribution >= 4 is 0 Å². The number of aryl methyl sites for hydroxylation is 1. The largest absolute Gasteiger partial charge is 0.497 e. The van der Waals surface area contributed by atoms with E-state index in [9.17, 15) is 0 Å². The van der Waals surface area contributed by atoms with Crippen LogP contribution in [0.15, 0.2) is 35.9 Å². The summed E-state index contributed by atoms with van der Waals surface area (Å²) < 4.78 is 5.20. The minimum Gasteiger partial charge on any atom is -0.497 e. The van der Waals surface area contributed by atoms with Gasteiger partial charge in [-0.25, -0.2) is 0 Å². The Labute approximate surface area is 123 Å². The van der Waals surface area contributed by atoms with Crippen LogP contribution in [-0.2, 0) is 6.42 Å². The minimum absolute atomic E-state index is 0.599. The second-order valence-corrected chi connectivity index (χ2v) is 5.68. The van der Waals surface area contributed by atoms with Gasteiger partial charge in [0.1, 0.15) is 5.75 Å². The quantitative estimate of drug-likeness (QED) is 0.755. The molecule has 2 nitrogen and oxygen atoms in total. The van der Waals surface area contributed by atoms with Crippen molar-refractivity contribution in [3.05, 3.63) is 41.5 Å². The molecule has 1 unspecified atom stereocenters. The molecule has 0 aromatic heterocycles. The summed E-state index contributed by atoms with van der Waals surface area (Å²) in [5, 5.41) is 3.48. The number of nitrogens with one attached hydrogen (secondary N) is 1. The van der Waals surface area contributed by atoms with E-state index in [4.69, 9.17) is 4.74 Å². The first kappa shape index (κ1) is 15.1. The van der Waals surface area contributed by atoms with Crippen molar-refractivity contribution in [2.45, 2.75) is 51.0 Å². The Morgan fingerprint density at radius 2 is 2.00 bits per heavy atom. The molecule has 0 spiro atoms. The highest BCUT2D eigenvalue weighted by Crippen LogP contribution is 2.23. The summed E-state index contributed by atoms with van der Waals surface area (Å²) in [6.07, 6.45) is 11.3. The van der Waals surface area contributed by atoms with Gasteiger partial charge in [-0.05, 0) is 69.7 Å². The Kier molecular flexibility index (Phi) is 6.13. The molecule has 0 amide bonds. The van der Waals surface area contributed by atoms with Crippen molar-refractivity contribution in [1.82, 2.24) is 5.32 Å². The Morgan fingerprint density at radius 3 is 2.60 bits per heavy atom. The Bertz CT molecular complexity index is 422. The first-order valence-corrected chi connectivity index (χ1v) is 7.80. The van der Waals surface area contributed by atoms with Crippen LogP contribution in [0.25, 0.3) is 0 Å². The van der Waals surface area contributed by atoms with Crippen LogP contribution in [0.5, 0.6) is 5.75 Å². The van der Waals surface area contributed by atoms with Crippen LogP contribution in [0.4, 0.5) is 0 Å². The molecule has 2 heteroatoms. The summed E-state index contributed by atoms with van der Waals surface area (Å²) in [5.74, 6) is 0.936. The second kappa shape index (κ2) is 8.11. The lowest BCUT2D eigenvalue weighted by Crippen LogP contribution is -2.26. The monoisotopic (exact) mass is 273 g/mol. The molecule has 1 N–H and O–H groups in total. The number of rotatable bonds is 7. The third kappa shape index (κ3) is 4.68. The molecular weight excluding hydrogens is 246 g/mol. The van der Waals surface area contributed by atoms with Gasteiger partial charge in [0, 0.05) is 6.04 Å². The average molecular weight is 273 g/mol. The second-order valence-electron chi connectivity index (χ2n) is 5.68. The van der Waals surface area contributed by atoms with Crippen LogP contribution in [0.2, 0.25) is 0 Å². The number of ether oxygens (including phenoxy) is 1. The van der Waals surface area contributed by atoms with E-state index in [2.05, 4.69) is 30.6 Å². The van der Waals surface area contributed by atoms with Gasteiger partial charge in [0.2, 0.25) is 0 Å². The maximum Gasteiger partial charge on any atom is 0.118 e. The Balaban J connectivity index is 1.81. The highest BCUT2D eigenvalue weighted by Gasteiger charge is 2.11. The molecule has 20 heavy (non-hydrogen) atoms. The number of allylic oxidation sites excluding steroid dienone is 1. The Hall–Kier alpha value is -1.28. The van der Waals surface area contributed by atoms with Crippen LogP contribution in [0, 0.1) is 0 Å². The average Bonchev–Trinajstić information content (AvgIpc) is 2.53. The van der Waals surface area contributed by atoms with E-state index in [1.807, 2.05) is 12.1 Å². The molecule has 1 atom stereocenters. The maximum absolute atomic E-state index is 5.20. The molecule has 2 rings (SSSR count). The standard InChI is InChI=1S/C18H27NO/c1-19-17(14-16-6-4-3-5-7-16)11-8-15-9-12-18(20-2)13-10-15/h6,9-10,12-13,17,19H,3-5,7-8,11,14H2,1-2H3. The fourth-order valence-electron chi connectivity index (χ4n) is 2.89. The number of benzene rings is 1. The fourth-order valence-corrected chi connectivity index (χ4v) is 2.89. The molecular formula is C18H27NO. The van der Waals surface area contributed by atoms with Gasteiger partial charge in [-0.15, -0.1) is 0 Å². The van der Waals surface area contributed by atoms with Crippen LogP contribution in [0.3, 0.4) is 0 Å². The van der Waals surface area contributed by atoms with E-state index in [-0.39, 0.29) is 0 Å². The normalized spacial score (nSPS) is 16.6. The predicted octanol–water partition coefficient (Wildman–Crippen LogP) is 4.11. The van der Waals surface area contributed by atoms with E-state index < -0.39 is 0 Å². The highest BCUT2D eigenvalue weighted by molar-refractivity contribution is 5.27. The van der Waals surface area contributed by atoms with Gasteiger partial charge in [-0.2, -0.15) is 0 Å². The van der Waals surface area contributed by atoms with Gasteiger partial charge < -0.3 is 10.1 Å². The van der Waals surface area contributed by atoms with E-state index >= 15 is 0 Å². The summed E-state index contributed by atoms with van der Waals surface area (Å²) >= 11 is 0. The molecule has 0 saturated carbocycles. The van der Waals surface area contributed by atoms with Gasteiger partial charge in [-0.1, -0.05) is 23.8 Å². The topological polar surface area (TPSA) is 21.3 Å². The first-order chi connectivity index (χ1) is 9.81. The zero-order valence-corrected chi connectivity index (χ0v) is 12.8. The van der Waals surface area contributed by atoms with Gasteiger partial charge in [0.05, 0.1) is 7.11 Å². The molecule has 1 aliphatic rings. The summed E-state index contributed by atoms with van der Waals surface area (Å²) in [4.78, 5) is 0. The van der Waals surface area contributed by atoms with E-state index in [1.165, 1.54) is 44.1 Å². The molecule has 1 aromatic carbocycles. The van der Waals surface area contributed by atoms with Crippen molar-refractivity contribution in [3.8, 4) is 5.75 Å². The van der Waals surface area contributed by atoms with Crippen molar-refractivity contribution < 1.29 is 4.74 Å². The SMILES string of the molecule is CNC(CCc1ccc(OC)cc1)CC1=CCCCC1. The number of methoxy groups -OCH3 is 1. The fraction of sp³-hybridized carbons (Fsp3) is 0.556. The molecule has 0 fully saturated rings. The predicted molar refractivity (Wildman–Crippen MR) is 85.3 cm³/mol. The smallest absolute Gasteiger partial charge is 0.118 e. The lowest BCUT2D eigenvalue weighted by atomic mass is 9.92. The van der Waals surface area contributed by atoms with Crippen molar-refractivity contribution in [2.75, 3.05) is 14.2 Å². The molecule has 0 bridgehead atoms. The van der Waals surface area contributed by atoms with Crippen LogP contribution >= 0.6 is 0 Å². The van der Waals surface area contributed by atoms with E-state index in [0.29, 0.717) is 6.04 Å². The van der Waals surface area contributed by atoms with E-state index in [1.54, 1.807) is 12.7 Å². The van der Waals surface area contributed by atoms with Gasteiger partial charge in [0.15, 0.2) is 0 Å². The van der Waals surface area contributed by atoms with Crippen LogP contribution < -0.4 is 10.1 Å². The zero-order chi connectivity index (χ0) is 14.2. The maximum atomic E-state index is 5.20. The minimum atomic E-state index is 0.599. The molecule has 1 aliphatic carbocycles. The summed E-state index contributed by atoms with van der Waals surface area (Å²) in [7, 11) is 3.80. The zero-order valence-electron chi connectivity index (χ0n) is 12.8. The molecule has 0 heterocycles. The molecule has 0 radical (unpaired) electrons. The van der Waals surface area contributed by atoms with Gasteiger partial charge >= 0.3 is 0 Å². The van der Waals surface area contributed by atoms with Crippen LogP contribution in [0.1, 0.15) is 44.1 Å². The lowest BCUT2D eigenvalue weighted by molar-refractivity contribution is 0.414. The molecule has 0 saturated heterocycles. The molecule has 110 valence electrons. The molecule has 1 aromatic rings. The van der Waals surface area contributed by atoms with Crippen molar-refractivity contribution in [2.24, 2.45) is 0 Å².